The molecular weight excluding hydrogens is 611 g/mol. The van der Waals surface area contributed by atoms with Crippen LogP contribution in [0.25, 0.3) is 11.8 Å². The van der Waals surface area contributed by atoms with E-state index in [4.69, 9.17) is 14.5 Å². The van der Waals surface area contributed by atoms with Crippen LogP contribution in [-0.4, -0.2) is 17.6 Å². The van der Waals surface area contributed by atoms with Crippen molar-refractivity contribution >= 4 is 51.7 Å². The van der Waals surface area contributed by atoms with Crippen LogP contribution in [-0.2, 0) is 11.2 Å². The molecule has 0 fully saturated rings. The molecule has 0 N–H and O–H groups in total. The largest absolute Gasteiger partial charge is 0.493 e. The van der Waals surface area contributed by atoms with Crippen LogP contribution in [0.15, 0.2) is 82.1 Å². The highest BCUT2D eigenvalue weighted by Gasteiger charge is 2.32. The van der Waals surface area contributed by atoms with Crippen LogP contribution in [0.1, 0.15) is 41.6 Å². The molecule has 0 amide bonds. The molecule has 0 saturated carbocycles. The van der Waals surface area contributed by atoms with Gasteiger partial charge in [0.1, 0.15) is 0 Å². The van der Waals surface area contributed by atoms with E-state index in [0.717, 1.165) is 35.2 Å². The second-order valence-electron chi connectivity index (χ2n) is 9.15. The number of fused-ring (bicyclic) bond motifs is 3. The van der Waals surface area contributed by atoms with Gasteiger partial charge < -0.3 is 9.47 Å². The van der Waals surface area contributed by atoms with Crippen molar-refractivity contribution in [1.82, 2.24) is 4.57 Å². The van der Waals surface area contributed by atoms with E-state index < -0.39 is 5.97 Å². The molecule has 8 heteroatoms. The van der Waals surface area contributed by atoms with Crippen LogP contribution >= 0.6 is 33.9 Å². The number of halogens is 1. The summed E-state index contributed by atoms with van der Waals surface area (Å²) in [6, 6.07) is 22.0. The topological polar surface area (TPSA) is 69.9 Å². The third kappa shape index (κ3) is 4.31. The maximum Gasteiger partial charge on any atom is 0.308 e. The van der Waals surface area contributed by atoms with E-state index in [1.807, 2.05) is 41.0 Å². The van der Waals surface area contributed by atoms with Crippen molar-refractivity contribution in [2.75, 3.05) is 7.11 Å². The van der Waals surface area contributed by atoms with E-state index in [2.05, 4.69) is 52.9 Å². The number of carbonyl (C=O) groups excluding carboxylic acids is 1. The second-order valence-corrected chi connectivity index (χ2v) is 11.3. The summed E-state index contributed by atoms with van der Waals surface area (Å²) < 4.78 is 14.0. The zero-order valence-corrected chi connectivity index (χ0v) is 23.7. The SMILES string of the molecule is COc1cc(/C=c2/sc3n(c2=O)[C@@H](c2ccccc2)C2=C(N=3)c3ccccc3CC2)cc(I)c1OC(C)=O. The van der Waals surface area contributed by atoms with E-state index in [0.29, 0.717) is 24.4 Å². The van der Waals surface area contributed by atoms with Gasteiger partial charge >= 0.3 is 5.97 Å². The number of benzene rings is 3. The molecule has 0 saturated heterocycles. The fourth-order valence-electron chi connectivity index (χ4n) is 5.17. The fourth-order valence-corrected chi connectivity index (χ4v) is 6.91. The number of rotatable bonds is 4. The molecule has 1 atom stereocenters. The Morgan fingerprint density at radius 1 is 1.11 bits per heavy atom. The smallest absolute Gasteiger partial charge is 0.308 e. The lowest BCUT2D eigenvalue weighted by atomic mass is 9.83. The van der Waals surface area contributed by atoms with Crippen LogP contribution < -0.4 is 24.4 Å². The maximum absolute atomic E-state index is 13.9. The van der Waals surface area contributed by atoms with Crippen LogP contribution in [0.4, 0.5) is 0 Å². The number of thiazole rings is 1. The molecule has 6 nitrogen and oxygen atoms in total. The molecule has 3 aromatic carbocycles. The van der Waals surface area contributed by atoms with Crippen LogP contribution in [0, 0.1) is 3.57 Å². The number of aromatic nitrogens is 1. The van der Waals surface area contributed by atoms with Crippen molar-refractivity contribution in [1.29, 1.82) is 0 Å². The first-order valence-corrected chi connectivity index (χ1v) is 14.1. The van der Waals surface area contributed by atoms with Gasteiger partial charge in [-0.15, -0.1) is 0 Å². The molecule has 0 bridgehead atoms. The van der Waals surface area contributed by atoms with Crippen LogP contribution in [0.2, 0.25) is 0 Å². The normalized spacial score (nSPS) is 16.3. The van der Waals surface area contributed by atoms with Gasteiger partial charge in [-0.1, -0.05) is 65.9 Å². The van der Waals surface area contributed by atoms with Crippen molar-refractivity contribution in [3.8, 4) is 11.5 Å². The number of hydrogen-bond donors (Lipinski definition) is 0. The average Bonchev–Trinajstić information content (AvgIpc) is 3.23. The Morgan fingerprint density at radius 2 is 1.87 bits per heavy atom. The zero-order valence-electron chi connectivity index (χ0n) is 20.7. The van der Waals surface area contributed by atoms with Gasteiger partial charge in [-0.3, -0.25) is 14.2 Å². The van der Waals surface area contributed by atoms with E-state index in [-0.39, 0.29) is 11.6 Å². The van der Waals surface area contributed by atoms with Crippen molar-refractivity contribution in [2.45, 2.75) is 25.8 Å². The third-order valence-corrected chi connectivity index (χ3v) is 8.57. The first-order chi connectivity index (χ1) is 18.4. The third-order valence-electron chi connectivity index (χ3n) is 6.78. The minimum atomic E-state index is -0.422. The lowest BCUT2D eigenvalue weighted by Crippen LogP contribution is -2.38. The number of ether oxygens (including phenoxy) is 2. The lowest BCUT2D eigenvalue weighted by Gasteiger charge is -2.30. The number of aryl methyl sites for hydroxylation is 1. The molecule has 1 aliphatic carbocycles. The Balaban J connectivity index is 1.56. The monoisotopic (exact) mass is 634 g/mol. The summed E-state index contributed by atoms with van der Waals surface area (Å²) in [6.45, 7) is 1.35. The Bertz CT molecular complexity index is 1800. The highest BCUT2D eigenvalue weighted by molar-refractivity contribution is 14.1. The summed E-state index contributed by atoms with van der Waals surface area (Å²) in [4.78, 5) is 31.2. The Morgan fingerprint density at radius 3 is 2.63 bits per heavy atom. The second kappa shape index (κ2) is 9.99. The van der Waals surface area contributed by atoms with Gasteiger partial charge in [0.25, 0.3) is 5.56 Å². The van der Waals surface area contributed by atoms with Crippen molar-refractivity contribution in [3.05, 3.63) is 118 Å². The van der Waals surface area contributed by atoms with Gasteiger partial charge in [-0.05, 0) is 75.9 Å². The van der Waals surface area contributed by atoms with E-state index in [1.165, 1.54) is 36.5 Å². The zero-order chi connectivity index (χ0) is 26.4. The molecular formula is C30H23IN2O4S. The molecule has 0 radical (unpaired) electrons. The molecule has 0 spiro atoms. The summed E-state index contributed by atoms with van der Waals surface area (Å²) in [5, 5.41) is 0. The van der Waals surface area contributed by atoms with Gasteiger partial charge in [0, 0.05) is 12.5 Å². The number of carbonyl (C=O) groups is 1. The molecule has 2 aliphatic rings. The summed E-state index contributed by atoms with van der Waals surface area (Å²) in [7, 11) is 1.53. The predicted octanol–water partition coefficient (Wildman–Crippen LogP) is 4.86. The maximum atomic E-state index is 13.9. The molecule has 6 rings (SSSR count). The molecule has 0 unspecified atom stereocenters. The minimum Gasteiger partial charge on any atom is -0.493 e. The van der Waals surface area contributed by atoms with Crippen LogP contribution in [0.3, 0.4) is 0 Å². The average molecular weight is 634 g/mol. The van der Waals surface area contributed by atoms with Gasteiger partial charge in [-0.2, -0.15) is 0 Å². The predicted molar refractivity (Wildman–Crippen MR) is 156 cm³/mol. The summed E-state index contributed by atoms with van der Waals surface area (Å²) >= 11 is 3.49. The molecule has 4 aromatic rings. The van der Waals surface area contributed by atoms with Gasteiger partial charge in [0.2, 0.25) is 0 Å². The summed E-state index contributed by atoms with van der Waals surface area (Å²) in [5.41, 5.74) is 6.36. The fraction of sp³-hybridized carbons (Fsp3) is 0.167. The summed E-state index contributed by atoms with van der Waals surface area (Å²) in [5.74, 6) is 0.378. The molecule has 1 aromatic heterocycles. The quantitative estimate of drug-likeness (QED) is 0.183. The van der Waals surface area contributed by atoms with Gasteiger partial charge in [-0.25, -0.2) is 4.99 Å². The highest BCUT2D eigenvalue weighted by atomic mass is 127. The highest BCUT2D eigenvalue weighted by Crippen LogP contribution is 2.41. The molecule has 38 heavy (non-hydrogen) atoms. The van der Waals surface area contributed by atoms with Crippen LogP contribution in [0.5, 0.6) is 11.5 Å². The van der Waals surface area contributed by atoms with Crippen molar-refractivity contribution in [3.63, 3.8) is 0 Å². The number of methoxy groups -OCH3 is 1. The van der Waals surface area contributed by atoms with Crippen molar-refractivity contribution in [2.24, 2.45) is 4.99 Å². The summed E-state index contributed by atoms with van der Waals surface area (Å²) in [6.07, 6.45) is 3.63. The van der Waals surface area contributed by atoms with E-state index >= 15 is 0 Å². The molecule has 1 aliphatic heterocycles. The lowest BCUT2D eigenvalue weighted by molar-refractivity contribution is -0.132. The number of hydrogen-bond acceptors (Lipinski definition) is 6. The van der Waals surface area contributed by atoms with E-state index in [9.17, 15) is 9.59 Å². The molecule has 2 heterocycles. The molecule has 190 valence electrons. The Hall–Kier alpha value is -3.50. The van der Waals surface area contributed by atoms with E-state index in [1.54, 1.807) is 6.07 Å². The Labute approximate surface area is 236 Å². The Kier molecular flexibility index (Phi) is 6.53. The van der Waals surface area contributed by atoms with Gasteiger partial charge in [0.05, 0.1) is 27.0 Å². The number of allylic oxidation sites excluding steroid dienone is 1. The van der Waals surface area contributed by atoms with Gasteiger partial charge in [0.15, 0.2) is 16.3 Å². The number of nitrogens with zero attached hydrogens (tertiary/aromatic N) is 2. The van der Waals surface area contributed by atoms with Crippen molar-refractivity contribution < 1.29 is 14.3 Å². The number of esters is 1. The first-order valence-electron chi connectivity index (χ1n) is 12.2. The standard InChI is InChI=1S/C30H23IN2O4S/c1-17(34)37-28-23(31)14-18(15-24(28)36-2)16-25-29(35)33-27(20-9-4-3-5-10-20)22-13-12-19-8-6-7-11-21(19)26(22)32-30(33)38-25/h3-11,14-16,27H,12-13H2,1-2H3/b25-16+/t27-/m0/s1. The minimum absolute atomic E-state index is 0.0777. The first kappa shape index (κ1) is 24.8.